The van der Waals surface area contributed by atoms with Gasteiger partial charge >= 0.3 is 5.97 Å². The van der Waals surface area contributed by atoms with E-state index in [-0.39, 0.29) is 32.3 Å². The monoisotopic (exact) mass is 273 g/mol. The fourth-order valence-corrected chi connectivity index (χ4v) is 1.38. The Labute approximate surface area is 113 Å². The zero-order valence-corrected chi connectivity index (χ0v) is 11.8. The summed E-state index contributed by atoms with van der Waals surface area (Å²) in [5.74, 6) is -1.79. The van der Waals surface area contributed by atoms with Gasteiger partial charge in [-0.15, -0.1) is 0 Å². The van der Waals surface area contributed by atoms with Crippen LogP contribution in [0.2, 0.25) is 0 Å². The predicted octanol–water partition coefficient (Wildman–Crippen LogP) is 0.511. The number of rotatable bonds is 9. The minimum absolute atomic E-state index is 0.0759. The van der Waals surface area contributed by atoms with E-state index in [0.29, 0.717) is 6.54 Å². The van der Waals surface area contributed by atoms with Gasteiger partial charge in [-0.2, -0.15) is 0 Å². The second kappa shape index (κ2) is 9.52. The lowest BCUT2D eigenvalue weighted by atomic mass is 10.1. The summed E-state index contributed by atoms with van der Waals surface area (Å²) in [6.45, 7) is 6.01. The van der Waals surface area contributed by atoms with Crippen LogP contribution in [0.1, 0.15) is 20.8 Å². The maximum atomic E-state index is 11.9. The van der Waals surface area contributed by atoms with Crippen molar-refractivity contribution in [1.82, 2.24) is 4.90 Å². The minimum atomic E-state index is -0.939. The number of carbonyl (C=O) groups is 2. The van der Waals surface area contributed by atoms with E-state index in [4.69, 9.17) is 14.9 Å². The van der Waals surface area contributed by atoms with Gasteiger partial charge in [0.2, 0.25) is 5.91 Å². The molecule has 2 N–H and O–H groups in total. The third kappa shape index (κ3) is 8.34. The summed E-state index contributed by atoms with van der Waals surface area (Å²) in [5, 5.41) is 17.5. The van der Waals surface area contributed by atoms with E-state index >= 15 is 0 Å². The summed E-state index contributed by atoms with van der Waals surface area (Å²) >= 11 is 0. The van der Waals surface area contributed by atoms with Gasteiger partial charge in [-0.05, 0) is 13.8 Å². The number of amides is 1. The van der Waals surface area contributed by atoms with Crippen LogP contribution in [-0.4, -0.2) is 59.9 Å². The van der Waals surface area contributed by atoms with Crippen molar-refractivity contribution in [3.8, 4) is 0 Å². The Bertz CT molecular complexity index is 323. The summed E-state index contributed by atoms with van der Waals surface area (Å²) in [5.41, 5.74) is 0.856. The first-order valence-corrected chi connectivity index (χ1v) is 6.23. The van der Waals surface area contributed by atoms with E-state index in [1.54, 1.807) is 20.8 Å². The van der Waals surface area contributed by atoms with Crippen molar-refractivity contribution in [2.24, 2.45) is 5.92 Å². The lowest BCUT2D eigenvalue weighted by Crippen LogP contribution is -2.38. The van der Waals surface area contributed by atoms with Crippen molar-refractivity contribution in [2.75, 3.05) is 32.9 Å². The number of hydrogen-bond donors (Lipinski definition) is 2. The number of ether oxygens (including phenoxy) is 1. The highest BCUT2D eigenvalue weighted by atomic mass is 16.5. The van der Waals surface area contributed by atoms with Gasteiger partial charge in [0, 0.05) is 19.2 Å². The molecule has 0 spiro atoms. The Morgan fingerprint density at radius 1 is 1.32 bits per heavy atom. The Kier molecular flexibility index (Phi) is 8.82. The molecule has 0 aliphatic rings. The molecule has 1 amide bonds. The minimum Gasteiger partial charge on any atom is -0.481 e. The topological polar surface area (TPSA) is 87.1 Å². The first kappa shape index (κ1) is 17.6. The first-order valence-electron chi connectivity index (χ1n) is 6.23. The van der Waals surface area contributed by atoms with Gasteiger partial charge in [0.05, 0.1) is 25.7 Å². The summed E-state index contributed by atoms with van der Waals surface area (Å²) in [6, 6.07) is 0. The fourth-order valence-electron chi connectivity index (χ4n) is 1.38. The molecule has 0 aromatic carbocycles. The number of carbonyl (C=O) groups excluding carboxylic acids is 1. The molecular weight excluding hydrogens is 250 g/mol. The fraction of sp³-hybridized carbons (Fsp3) is 0.692. The van der Waals surface area contributed by atoms with Crippen molar-refractivity contribution in [1.29, 1.82) is 0 Å². The van der Waals surface area contributed by atoms with Gasteiger partial charge in [-0.1, -0.05) is 12.5 Å². The molecule has 0 radical (unpaired) electrons. The van der Waals surface area contributed by atoms with Crippen LogP contribution in [0.15, 0.2) is 11.6 Å². The van der Waals surface area contributed by atoms with Crippen LogP contribution in [0.25, 0.3) is 0 Å². The molecule has 6 nitrogen and oxygen atoms in total. The Morgan fingerprint density at radius 2 is 1.95 bits per heavy atom. The third-order valence-corrected chi connectivity index (χ3v) is 2.38. The predicted molar refractivity (Wildman–Crippen MR) is 70.7 cm³/mol. The maximum absolute atomic E-state index is 11.9. The smallest absolute Gasteiger partial charge is 0.308 e. The highest BCUT2D eigenvalue weighted by Crippen LogP contribution is 2.03. The Balaban J connectivity index is 4.50. The Morgan fingerprint density at radius 3 is 2.42 bits per heavy atom. The average Bonchev–Trinajstić information content (AvgIpc) is 2.31. The molecule has 0 saturated heterocycles. The second-order valence-corrected chi connectivity index (χ2v) is 4.58. The molecule has 1 atom stereocenters. The molecule has 0 aliphatic heterocycles. The lowest BCUT2D eigenvalue weighted by Gasteiger charge is -2.23. The van der Waals surface area contributed by atoms with Crippen molar-refractivity contribution in [2.45, 2.75) is 20.8 Å². The van der Waals surface area contributed by atoms with Crippen LogP contribution in [0.5, 0.6) is 0 Å². The van der Waals surface area contributed by atoms with Gasteiger partial charge in [0.25, 0.3) is 0 Å². The highest BCUT2D eigenvalue weighted by molar-refractivity contribution is 5.88. The number of aliphatic hydroxyl groups excluding tert-OH is 1. The van der Waals surface area contributed by atoms with E-state index in [1.165, 1.54) is 11.0 Å². The molecule has 0 heterocycles. The van der Waals surface area contributed by atoms with E-state index < -0.39 is 11.9 Å². The molecule has 0 aromatic rings. The number of aliphatic hydroxyl groups is 1. The van der Waals surface area contributed by atoms with Crippen LogP contribution < -0.4 is 0 Å². The molecule has 0 aromatic heterocycles. The largest absolute Gasteiger partial charge is 0.481 e. The number of aliphatic carboxylic acids is 1. The number of nitrogens with zero attached hydrogens (tertiary/aromatic N) is 1. The summed E-state index contributed by atoms with van der Waals surface area (Å²) in [4.78, 5) is 24.2. The number of allylic oxidation sites excluding steroid dienone is 1. The van der Waals surface area contributed by atoms with Gasteiger partial charge in [0.15, 0.2) is 0 Å². The number of hydrogen-bond acceptors (Lipinski definition) is 4. The van der Waals surface area contributed by atoms with E-state index in [2.05, 4.69) is 0 Å². The molecule has 0 saturated carbocycles. The van der Waals surface area contributed by atoms with E-state index in [1.807, 2.05) is 0 Å². The van der Waals surface area contributed by atoms with Crippen molar-refractivity contribution in [3.63, 3.8) is 0 Å². The molecular formula is C13H23NO5. The van der Waals surface area contributed by atoms with Crippen LogP contribution >= 0.6 is 0 Å². The lowest BCUT2D eigenvalue weighted by molar-refractivity contribution is -0.142. The van der Waals surface area contributed by atoms with Gasteiger partial charge in [-0.3, -0.25) is 9.59 Å². The van der Waals surface area contributed by atoms with Gasteiger partial charge < -0.3 is 19.8 Å². The summed E-state index contributed by atoms with van der Waals surface area (Å²) in [7, 11) is 0. The standard InChI is InChI=1S/C13H23NO5/c1-10(2)8-12(16)14(4-6-19-7-5-15)9-11(3)13(17)18/h8,11,15H,4-7,9H2,1-3H3,(H,17,18). The Hall–Kier alpha value is -1.40. The molecule has 6 heteroatoms. The normalized spacial score (nSPS) is 11.8. The van der Waals surface area contributed by atoms with E-state index in [0.717, 1.165) is 5.57 Å². The second-order valence-electron chi connectivity index (χ2n) is 4.58. The van der Waals surface area contributed by atoms with Crippen LogP contribution in [0.3, 0.4) is 0 Å². The van der Waals surface area contributed by atoms with Gasteiger partial charge in [-0.25, -0.2) is 0 Å². The molecule has 0 rings (SSSR count). The third-order valence-electron chi connectivity index (χ3n) is 2.38. The maximum Gasteiger partial charge on any atom is 0.308 e. The molecule has 0 fully saturated rings. The van der Waals surface area contributed by atoms with Crippen LogP contribution in [0.4, 0.5) is 0 Å². The van der Waals surface area contributed by atoms with Crippen molar-refractivity contribution >= 4 is 11.9 Å². The number of carboxylic acids is 1. The first-order chi connectivity index (χ1) is 8.88. The van der Waals surface area contributed by atoms with Gasteiger partial charge in [0.1, 0.15) is 0 Å². The SMILES string of the molecule is CC(C)=CC(=O)N(CCOCCO)CC(C)C(=O)O. The summed E-state index contributed by atoms with van der Waals surface area (Å²) in [6.07, 6.45) is 1.47. The van der Waals surface area contributed by atoms with Crippen LogP contribution in [0, 0.1) is 5.92 Å². The van der Waals surface area contributed by atoms with Crippen LogP contribution in [-0.2, 0) is 14.3 Å². The molecule has 0 aliphatic carbocycles. The zero-order valence-electron chi connectivity index (χ0n) is 11.8. The van der Waals surface area contributed by atoms with Crippen molar-refractivity contribution in [3.05, 3.63) is 11.6 Å². The zero-order chi connectivity index (χ0) is 14.8. The van der Waals surface area contributed by atoms with Crippen molar-refractivity contribution < 1.29 is 24.5 Å². The molecule has 0 bridgehead atoms. The highest BCUT2D eigenvalue weighted by Gasteiger charge is 2.19. The molecule has 1 unspecified atom stereocenters. The average molecular weight is 273 g/mol. The summed E-state index contributed by atoms with van der Waals surface area (Å²) < 4.78 is 5.10. The molecule has 19 heavy (non-hydrogen) atoms. The number of carboxylic acid groups (broad SMARTS) is 1. The molecule has 110 valence electrons. The quantitative estimate of drug-likeness (QED) is 0.472. The van der Waals surface area contributed by atoms with E-state index in [9.17, 15) is 9.59 Å².